The van der Waals surface area contributed by atoms with Gasteiger partial charge in [0.1, 0.15) is 5.82 Å². The first-order valence-corrected chi connectivity index (χ1v) is 9.41. The number of anilines is 1. The molecule has 3 heterocycles. The van der Waals surface area contributed by atoms with E-state index in [4.69, 9.17) is 0 Å². The molecular weight excluding hydrogens is 334 g/mol. The minimum atomic E-state index is -0.194. The molecule has 2 aromatic heterocycles. The second-order valence-electron chi connectivity index (χ2n) is 6.63. The van der Waals surface area contributed by atoms with Gasteiger partial charge >= 0.3 is 0 Å². The molecule has 0 spiro atoms. The van der Waals surface area contributed by atoms with Crippen LogP contribution in [-0.2, 0) is 4.79 Å². The summed E-state index contributed by atoms with van der Waals surface area (Å²) in [5, 5.41) is 4.79. The number of hydrogen-bond donors (Lipinski definition) is 1. The standard InChI is InChI=1S/C19H23N3O2S/c1-12-6-7-17(20-9-12)21-18(23)15-5-4-8-22(10-15)19(24)16-11-25-14(3)13(16)2/h6-7,9,11,15H,4-5,8,10H2,1-3H3,(H,20,21,23). The number of pyridine rings is 1. The van der Waals surface area contributed by atoms with Crippen LogP contribution in [0.2, 0.25) is 0 Å². The Morgan fingerprint density at radius 2 is 2.08 bits per heavy atom. The second kappa shape index (κ2) is 7.35. The molecule has 0 bridgehead atoms. The predicted molar refractivity (Wildman–Crippen MR) is 100 cm³/mol. The highest BCUT2D eigenvalue weighted by atomic mass is 32.1. The van der Waals surface area contributed by atoms with Gasteiger partial charge in [-0.05, 0) is 50.8 Å². The highest BCUT2D eigenvalue weighted by molar-refractivity contribution is 7.10. The van der Waals surface area contributed by atoms with E-state index in [0.717, 1.165) is 29.5 Å². The van der Waals surface area contributed by atoms with E-state index in [1.807, 2.05) is 37.1 Å². The summed E-state index contributed by atoms with van der Waals surface area (Å²) in [6, 6.07) is 3.72. The Labute approximate surface area is 152 Å². The highest BCUT2D eigenvalue weighted by Crippen LogP contribution is 2.25. The van der Waals surface area contributed by atoms with Crippen molar-refractivity contribution in [3.63, 3.8) is 0 Å². The molecule has 6 heteroatoms. The zero-order valence-corrected chi connectivity index (χ0v) is 15.7. The molecule has 1 unspecified atom stereocenters. The lowest BCUT2D eigenvalue weighted by Crippen LogP contribution is -2.43. The number of rotatable bonds is 3. The van der Waals surface area contributed by atoms with E-state index in [9.17, 15) is 9.59 Å². The van der Waals surface area contributed by atoms with Crippen LogP contribution in [0.25, 0.3) is 0 Å². The summed E-state index contributed by atoms with van der Waals surface area (Å²) in [4.78, 5) is 32.5. The van der Waals surface area contributed by atoms with E-state index in [1.54, 1.807) is 23.6 Å². The van der Waals surface area contributed by atoms with Crippen molar-refractivity contribution in [2.45, 2.75) is 33.6 Å². The minimum Gasteiger partial charge on any atom is -0.338 e. The van der Waals surface area contributed by atoms with Gasteiger partial charge in [-0.25, -0.2) is 4.98 Å². The fourth-order valence-corrected chi connectivity index (χ4v) is 3.90. The van der Waals surface area contributed by atoms with Crippen LogP contribution in [0.5, 0.6) is 0 Å². The van der Waals surface area contributed by atoms with Crippen LogP contribution >= 0.6 is 11.3 Å². The molecule has 0 aromatic carbocycles. The third kappa shape index (κ3) is 3.90. The topological polar surface area (TPSA) is 62.3 Å². The van der Waals surface area contributed by atoms with Gasteiger partial charge in [0.2, 0.25) is 5.91 Å². The van der Waals surface area contributed by atoms with Crippen LogP contribution in [-0.4, -0.2) is 34.8 Å². The average Bonchev–Trinajstić information content (AvgIpc) is 2.95. The second-order valence-corrected chi connectivity index (χ2v) is 7.71. The monoisotopic (exact) mass is 357 g/mol. The van der Waals surface area contributed by atoms with Crippen LogP contribution in [0, 0.1) is 26.7 Å². The van der Waals surface area contributed by atoms with Crippen molar-refractivity contribution in [3.8, 4) is 0 Å². The first kappa shape index (κ1) is 17.6. The number of piperidine rings is 1. The number of aryl methyl sites for hydroxylation is 2. The quantitative estimate of drug-likeness (QED) is 0.913. The minimum absolute atomic E-state index is 0.0350. The molecule has 1 atom stereocenters. The zero-order chi connectivity index (χ0) is 18.0. The molecule has 1 aliphatic heterocycles. The zero-order valence-electron chi connectivity index (χ0n) is 14.8. The van der Waals surface area contributed by atoms with Crippen molar-refractivity contribution >= 4 is 29.0 Å². The molecule has 1 aliphatic rings. The molecule has 5 nitrogen and oxygen atoms in total. The van der Waals surface area contributed by atoms with Gasteiger partial charge in [0.15, 0.2) is 0 Å². The van der Waals surface area contributed by atoms with E-state index in [1.165, 1.54) is 4.88 Å². The van der Waals surface area contributed by atoms with Gasteiger partial charge in [-0.2, -0.15) is 0 Å². The molecule has 2 amide bonds. The van der Waals surface area contributed by atoms with Crippen LogP contribution in [0.4, 0.5) is 5.82 Å². The molecule has 1 fully saturated rings. The van der Waals surface area contributed by atoms with Crippen LogP contribution in [0.1, 0.15) is 39.2 Å². The smallest absolute Gasteiger partial charge is 0.254 e. The number of hydrogen-bond acceptors (Lipinski definition) is 4. The van der Waals surface area contributed by atoms with E-state index in [2.05, 4.69) is 10.3 Å². The summed E-state index contributed by atoms with van der Waals surface area (Å²) >= 11 is 1.60. The molecular formula is C19H23N3O2S. The largest absolute Gasteiger partial charge is 0.338 e. The normalized spacial score (nSPS) is 17.4. The number of nitrogens with zero attached hydrogens (tertiary/aromatic N) is 2. The Bertz CT molecular complexity index is 782. The molecule has 0 aliphatic carbocycles. The maximum atomic E-state index is 12.8. The number of thiophene rings is 1. The number of carbonyl (C=O) groups excluding carboxylic acids is 2. The highest BCUT2D eigenvalue weighted by Gasteiger charge is 2.30. The molecule has 25 heavy (non-hydrogen) atoms. The maximum absolute atomic E-state index is 12.8. The van der Waals surface area contributed by atoms with Crippen LogP contribution < -0.4 is 5.32 Å². The molecule has 0 radical (unpaired) electrons. The molecule has 0 saturated carbocycles. The number of amides is 2. The lowest BCUT2D eigenvalue weighted by atomic mass is 9.96. The molecule has 132 valence electrons. The third-order valence-electron chi connectivity index (χ3n) is 4.76. The first-order valence-electron chi connectivity index (χ1n) is 8.53. The number of carbonyl (C=O) groups is 2. The summed E-state index contributed by atoms with van der Waals surface area (Å²) in [5.41, 5.74) is 2.86. The van der Waals surface area contributed by atoms with E-state index < -0.39 is 0 Å². The Kier molecular flexibility index (Phi) is 5.18. The molecule has 1 N–H and O–H groups in total. The summed E-state index contributed by atoms with van der Waals surface area (Å²) in [6.45, 7) is 7.13. The Morgan fingerprint density at radius 1 is 1.28 bits per heavy atom. The summed E-state index contributed by atoms with van der Waals surface area (Å²) < 4.78 is 0. The van der Waals surface area contributed by atoms with Crippen molar-refractivity contribution in [2.75, 3.05) is 18.4 Å². The van der Waals surface area contributed by atoms with Crippen molar-refractivity contribution in [1.82, 2.24) is 9.88 Å². The van der Waals surface area contributed by atoms with E-state index in [0.29, 0.717) is 18.9 Å². The number of aromatic nitrogens is 1. The SMILES string of the molecule is Cc1ccc(NC(=O)C2CCCN(C(=O)c3csc(C)c3C)C2)nc1. The Hall–Kier alpha value is -2.21. The van der Waals surface area contributed by atoms with Gasteiger partial charge < -0.3 is 10.2 Å². The maximum Gasteiger partial charge on any atom is 0.254 e. The van der Waals surface area contributed by atoms with Crippen molar-refractivity contribution < 1.29 is 9.59 Å². The molecule has 2 aromatic rings. The van der Waals surface area contributed by atoms with E-state index in [-0.39, 0.29) is 17.7 Å². The third-order valence-corrected chi connectivity index (χ3v) is 5.77. The van der Waals surface area contributed by atoms with Gasteiger partial charge in [0.25, 0.3) is 5.91 Å². The van der Waals surface area contributed by atoms with E-state index >= 15 is 0 Å². The molecule has 3 rings (SSSR count). The summed E-state index contributed by atoms with van der Waals surface area (Å²) in [5.74, 6) is 0.337. The predicted octanol–water partition coefficient (Wildman–Crippen LogP) is 3.56. The van der Waals surface area contributed by atoms with Gasteiger partial charge in [0, 0.05) is 29.5 Å². The van der Waals surface area contributed by atoms with Crippen LogP contribution in [0.15, 0.2) is 23.7 Å². The number of likely N-dealkylation sites (tertiary alicyclic amines) is 1. The lowest BCUT2D eigenvalue weighted by molar-refractivity contribution is -0.121. The van der Waals surface area contributed by atoms with Crippen LogP contribution in [0.3, 0.4) is 0 Å². The summed E-state index contributed by atoms with van der Waals surface area (Å²) in [6.07, 6.45) is 3.37. The van der Waals surface area contributed by atoms with Crippen molar-refractivity contribution in [3.05, 3.63) is 45.3 Å². The fraction of sp³-hybridized carbons (Fsp3) is 0.421. The van der Waals surface area contributed by atoms with Gasteiger partial charge in [0.05, 0.1) is 11.5 Å². The molecule has 1 saturated heterocycles. The lowest BCUT2D eigenvalue weighted by Gasteiger charge is -2.32. The summed E-state index contributed by atoms with van der Waals surface area (Å²) in [7, 11) is 0. The van der Waals surface area contributed by atoms with Gasteiger partial charge in [-0.3, -0.25) is 9.59 Å². The van der Waals surface area contributed by atoms with Crippen molar-refractivity contribution in [2.24, 2.45) is 5.92 Å². The Morgan fingerprint density at radius 3 is 2.72 bits per heavy atom. The van der Waals surface area contributed by atoms with Gasteiger partial charge in [-0.1, -0.05) is 6.07 Å². The van der Waals surface area contributed by atoms with Gasteiger partial charge in [-0.15, -0.1) is 11.3 Å². The average molecular weight is 357 g/mol. The number of nitrogens with one attached hydrogen (secondary N) is 1. The fourth-order valence-electron chi connectivity index (χ4n) is 3.04. The Balaban J connectivity index is 1.66. The van der Waals surface area contributed by atoms with Crippen molar-refractivity contribution in [1.29, 1.82) is 0 Å². The first-order chi connectivity index (χ1) is 12.0.